The maximum atomic E-state index is 13.0. The van der Waals surface area contributed by atoms with Crippen molar-refractivity contribution < 1.29 is 38.9 Å². The lowest BCUT2D eigenvalue weighted by Crippen LogP contribution is -2.67. The van der Waals surface area contributed by atoms with Gasteiger partial charge in [0.15, 0.2) is 0 Å². The van der Waals surface area contributed by atoms with Crippen LogP contribution < -0.4 is 0 Å². The van der Waals surface area contributed by atoms with Gasteiger partial charge < -0.3 is 19.7 Å². The van der Waals surface area contributed by atoms with Gasteiger partial charge in [-0.2, -0.15) is 0 Å². The van der Waals surface area contributed by atoms with Gasteiger partial charge in [0, 0.05) is 10.8 Å². The molecule has 5 fully saturated rings. The van der Waals surface area contributed by atoms with Crippen molar-refractivity contribution in [3.05, 3.63) is 12.2 Å². The van der Waals surface area contributed by atoms with Crippen molar-refractivity contribution in [1.82, 2.24) is 0 Å². The Bertz CT molecular complexity index is 1330. The maximum absolute atomic E-state index is 13.0. The molecule has 5 aliphatic rings. The van der Waals surface area contributed by atoms with Crippen molar-refractivity contribution in [2.45, 2.75) is 145 Å². The number of carboxylic acids is 2. The number of esters is 2. The van der Waals surface area contributed by atoms with Gasteiger partial charge in [0.05, 0.1) is 31.3 Å². The lowest BCUT2D eigenvalue weighted by molar-refractivity contribution is -0.252. The number of fused-ring (bicyclic) bond motifs is 7. The average Bonchev–Trinajstić information content (AvgIpc) is 3.37. The van der Waals surface area contributed by atoms with Crippen LogP contribution >= 0.6 is 0 Å². The smallest absolute Gasteiger partial charge is 0.309 e. The molecule has 0 heterocycles. The third kappa shape index (κ3) is 5.83. The van der Waals surface area contributed by atoms with Gasteiger partial charge in [0.2, 0.25) is 0 Å². The number of carbonyl (C=O) groups is 4. The summed E-state index contributed by atoms with van der Waals surface area (Å²) in [4.78, 5) is 48.4. The van der Waals surface area contributed by atoms with E-state index in [9.17, 15) is 24.3 Å². The van der Waals surface area contributed by atoms with Gasteiger partial charge in [-0.3, -0.25) is 19.2 Å². The topological polar surface area (TPSA) is 127 Å². The fraction of sp³-hybridized carbons (Fsp3) is 0.850. The lowest BCUT2D eigenvalue weighted by atomic mass is 9.32. The molecule has 8 heteroatoms. The van der Waals surface area contributed by atoms with Crippen LogP contribution in [0.1, 0.15) is 139 Å². The van der Waals surface area contributed by atoms with Crippen LogP contribution in [-0.4, -0.2) is 46.8 Å². The molecule has 0 aliphatic heterocycles. The number of hydrogen-bond acceptors (Lipinski definition) is 6. The number of rotatable bonds is 10. The van der Waals surface area contributed by atoms with E-state index in [2.05, 4.69) is 48.1 Å². The molecule has 0 bridgehead atoms. The van der Waals surface area contributed by atoms with Gasteiger partial charge in [0.25, 0.3) is 0 Å². The van der Waals surface area contributed by atoms with Gasteiger partial charge in [-0.05, 0) is 131 Å². The number of ether oxygens (including phenoxy) is 2. The Kier molecular flexibility index (Phi) is 9.56. The molecule has 48 heavy (non-hydrogen) atoms. The number of carboxylic acid groups (broad SMARTS) is 2. The highest BCUT2D eigenvalue weighted by molar-refractivity contribution is 5.81. The number of hydrogen-bond donors (Lipinski definition) is 2. The summed E-state index contributed by atoms with van der Waals surface area (Å²) in [5.41, 5.74) is 0.123. The molecular weight excluding hydrogens is 608 g/mol. The van der Waals surface area contributed by atoms with Crippen LogP contribution in [0.2, 0.25) is 0 Å². The fourth-order valence-corrected chi connectivity index (χ4v) is 12.9. The standard InChI is InChI=1S/C40H62O8/c1-24(2)25-14-19-40(23-47-31(43)13-12-30(41)42)21-20-38(8)26(33(25)40)10-11-28-37(7)17-16-29(48-32(44)22-35(3,4)34(45)46)36(5,6)27(37)15-18-39(28,38)9/h25-29,33H,1,10-23H2,2-9H3,(H,41,42)(H,45,46)/t25-,26+,27-,28+,29-,33+,37-,38+,39+,40+/m0/s1. The second kappa shape index (κ2) is 12.4. The Labute approximate surface area is 288 Å². The zero-order chi connectivity index (χ0) is 35.7. The van der Waals surface area contributed by atoms with E-state index in [1.54, 1.807) is 13.8 Å². The quantitative estimate of drug-likeness (QED) is 0.175. The summed E-state index contributed by atoms with van der Waals surface area (Å²) < 4.78 is 12.0. The van der Waals surface area contributed by atoms with Crippen LogP contribution in [0.3, 0.4) is 0 Å². The zero-order valence-electron chi connectivity index (χ0n) is 30.9. The van der Waals surface area contributed by atoms with Crippen molar-refractivity contribution in [3.63, 3.8) is 0 Å². The molecule has 0 aromatic carbocycles. The lowest BCUT2D eigenvalue weighted by Gasteiger charge is -2.73. The summed E-state index contributed by atoms with van der Waals surface area (Å²) in [7, 11) is 0. The molecule has 0 aromatic heterocycles. The van der Waals surface area contributed by atoms with Gasteiger partial charge in [0.1, 0.15) is 6.10 Å². The molecular formula is C40H62O8. The number of allylic oxidation sites excluding steroid dienone is 1. The third-order valence-corrected chi connectivity index (χ3v) is 15.7. The van der Waals surface area contributed by atoms with Gasteiger partial charge in [-0.1, -0.05) is 46.8 Å². The molecule has 5 rings (SSSR count). The number of carbonyl (C=O) groups excluding carboxylic acids is 2. The fourth-order valence-electron chi connectivity index (χ4n) is 12.9. The average molecular weight is 671 g/mol. The SMILES string of the molecule is C=C(C)[C@@H]1CC[C@]2(COC(=O)CCC(=O)O)CC[C@]3(C)[C@H](CC[C@@H]4[C@@]5(C)CC[C@H](OC(=O)CC(C)(C)C(=O)O)C(C)(C)[C@@H]5CC[C@]43C)[C@@H]12. The largest absolute Gasteiger partial charge is 0.481 e. The first-order chi connectivity index (χ1) is 22.1. The minimum Gasteiger partial charge on any atom is -0.481 e. The molecule has 2 N–H and O–H groups in total. The van der Waals surface area contributed by atoms with E-state index in [0.717, 1.165) is 64.2 Å². The van der Waals surface area contributed by atoms with Gasteiger partial charge >= 0.3 is 23.9 Å². The van der Waals surface area contributed by atoms with E-state index in [0.29, 0.717) is 36.2 Å². The van der Waals surface area contributed by atoms with Crippen LogP contribution in [0.15, 0.2) is 12.2 Å². The van der Waals surface area contributed by atoms with Crippen LogP contribution in [-0.2, 0) is 28.7 Å². The van der Waals surface area contributed by atoms with E-state index in [1.165, 1.54) is 5.57 Å². The Morgan fingerprint density at radius 3 is 2.10 bits per heavy atom. The van der Waals surface area contributed by atoms with Crippen molar-refractivity contribution in [1.29, 1.82) is 0 Å². The second-order valence-electron chi connectivity index (χ2n) is 18.8. The zero-order valence-corrected chi connectivity index (χ0v) is 30.9. The number of aliphatic carboxylic acids is 2. The molecule has 8 nitrogen and oxygen atoms in total. The Hall–Kier alpha value is -2.38. The summed E-state index contributed by atoms with van der Waals surface area (Å²) in [6.45, 7) is 22.4. The minimum atomic E-state index is -1.16. The van der Waals surface area contributed by atoms with Gasteiger partial charge in [-0.15, -0.1) is 0 Å². The Morgan fingerprint density at radius 2 is 1.48 bits per heavy atom. The van der Waals surface area contributed by atoms with E-state index < -0.39 is 29.3 Å². The van der Waals surface area contributed by atoms with Crippen LogP contribution in [0.25, 0.3) is 0 Å². The molecule has 0 unspecified atom stereocenters. The predicted octanol–water partition coefficient (Wildman–Crippen LogP) is 8.46. The second-order valence-corrected chi connectivity index (χ2v) is 18.8. The van der Waals surface area contributed by atoms with Crippen LogP contribution in [0, 0.1) is 62.1 Å². The molecule has 5 saturated carbocycles. The molecule has 0 radical (unpaired) electrons. The molecule has 0 saturated heterocycles. The Morgan fingerprint density at radius 1 is 0.792 bits per heavy atom. The molecule has 10 atom stereocenters. The van der Waals surface area contributed by atoms with Crippen molar-refractivity contribution in [2.75, 3.05) is 6.61 Å². The van der Waals surface area contributed by atoms with Crippen molar-refractivity contribution >= 4 is 23.9 Å². The van der Waals surface area contributed by atoms with E-state index >= 15 is 0 Å². The summed E-state index contributed by atoms with van der Waals surface area (Å²) in [5, 5.41) is 18.6. The summed E-state index contributed by atoms with van der Waals surface area (Å²) in [6.07, 6.45) is 9.85. The highest BCUT2D eigenvalue weighted by Gasteiger charge is 2.71. The molecule has 5 aliphatic carbocycles. The normalized spacial score (nSPS) is 41.5. The van der Waals surface area contributed by atoms with E-state index in [4.69, 9.17) is 14.6 Å². The first kappa shape index (κ1) is 36.9. The van der Waals surface area contributed by atoms with Crippen LogP contribution in [0.4, 0.5) is 0 Å². The van der Waals surface area contributed by atoms with E-state index in [-0.39, 0.29) is 52.4 Å². The summed E-state index contributed by atoms with van der Waals surface area (Å²) in [5.74, 6) is -0.574. The highest BCUT2D eigenvalue weighted by atomic mass is 16.5. The van der Waals surface area contributed by atoms with Gasteiger partial charge in [-0.25, -0.2) is 0 Å². The minimum absolute atomic E-state index is 0.0859. The first-order valence-corrected chi connectivity index (χ1v) is 18.6. The predicted molar refractivity (Wildman–Crippen MR) is 183 cm³/mol. The maximum Gasteiger partial charge on any atom is 0.309 e. The Balaban J connectivity index is 1.38. The van der Waals surface area contributed by atoms with Crippen molar-refractivity contribution in [3.8, 4) is 0 Å². The summed E-state index contributed by atoms with van der Waals surface area (Å²) in [6, 6.07) is 0. The molecule has 270 valence electrons. The highest BCUT2D eigenvalue weighted by Crippen LogP contribution is 2.77. The third-order valence-electron chi connectivity index (χ3n) is 15.7. The van der Waals surface area contributed by atoms with E-state index in [1.807, 2.05) is 0 Å². The summed E-state index contributed by atoms with van der Waals surface area (Å²) >= 11 is 0. The molecule has 0 amide bonds. The monoisotopic (exact) mass is 670 g/mol. The van der Waals surface area contributed by atoms with Crippen molar-refractivity contribution in [2.24, 2.45) is 62.1 Å². The molecule has 0 aromatic rings. The van der Waals surface area contributed by atoms with Crippen LogP contribution in [0.5, 0.6) is 0 Å². The molecule has 0 spiro atoms. The first-order valence-electron chi connectivity index (χ1n) is 18.6.